The molecule has 0 unspecified atom stereocenters. The molecule has 7 nitrogen and oxygen atoms in total. The van der Waals surface area contributed by atoms with Crippen LogP contribution >= 0.6 is 0 Å². The second kappa shape index (κ2) is 9.11. The van der Waals surface area contributed by atoms with E-state index in [4.69, 9.17) is 4.74 Å². The van der Waals surface area contributed by atoms with E-state index < -0.39 is 10.0 Å². The van der Waals surface area contributed by atoms with Gasteiger partial charge in [0.1, 0.15) is 5.75 Å². The summed E-state index contributed by atoms with van der Waals surface area (Å²) in [5.74, 6) is 0.705. The van der Waals surface area contributed by atoms with Crippen LogP contribution in [0.2, 0.25) is 0 Å². The van der Waals surface area contributed by atoms with Gasteiger partial charge in [-0.1, -0.05) is 12.1 Å². The minimum Gasteiger partial charge on any atom is -0.497 e. The van der Waals surface area contributed by atoms with Crippen molar-refractivity contribution >= 4 is 21.6 Å². The number of amides is 1. The number of hydrogen-bond acceptors (Lipinski definition) is 5. The number of anilines is 1. The van der Waals surface area contributed by atoms with Crippen molar-refractivity contribution < 1.29 is 17.9 Å². The smallest absolute Gasteiger partial charge is 0.253 e. The highest BCUT2D eigenvalue weighted by Gasteiger charge is 2.23. The Morgan fingerprint density at radius 1 is 1.14 bits per heavy atom. The van der Waals surface area contributed by atoms with Gasteiger partial charge in [0.05, 0.1) is 12.0 Å². The number of piperazine rings is 1. The van der Waals surface area contributed by atoms with Gasteiger partial charge >= 0.3 is 0 Å². The highest BCUT2D eigenvalue weighted by Crippen LogP contribution is 2.22. The lowest BCUT2D eigenvalue weighted by Crippen LogP contribution is -2.48. The molecule has 1 heterocycles. The molecule has 0 atom stereocenters. The van der Waals surface area contributed by atoms with Crippen molar-refractivity contribution in [1.82, 2.24) is 9.62 Å². The summed E-state index contributed by atoms with van der Waals surface area (Å²) in [6.45, 7) is 6.27. The van der Waals surface area contributed by atoms with Crippen molar-refractivity contribution in [1.29, 1.82) is 0 Å². The molecule has 29 heavy (non-hydrogen) atoms. The van der Waals surface area contributed by atoms with Gasteiger partial charge in [-0.3, -0.25) is 4.79 Å². The van der Waals surface area contributed by atoms with E-state index in [9.17, 15) is 13.2 Å². The van der Waals surface area contributed by atoms with Crippen LogP contribution in [0.1, 0.15) is 10.4 Å². The molecule has 0 saturated carbocycles. The van der Waals surface area contributed by atoms with Crippen LogP contribution in [0.25, 0.3) is 0 Å². The largest absolute Gasteiger partial charge is 0.497 e. The van der Waals surface area contributed by atoms with Crippen molar-refractivity contribution in [3.8, 4) is 5.75 Å². The van der Waals surface area contributed by atoms with Gasteiger partial charge in [-0.2, -0.15) is 0 Å². The van der Waals surface area contributed by atoms with Gasteiger partial charge in [0.15, 0.2) is 0 Å². The predicted octanol–water partition coefficient (Wildman–Crippen LogP) is 2.12. The first kappa shape index (κ1) is 20.9. The molecule has 2 aromatic carbocycles. The molecule has 1 amide bonds. The van der Waals surface area contributed by atoms with Gasteiger partial charge in [-0.25, -0.2) is 13.1 Å². The molecule has 1 aliphatic rings. The predicted molar refractivity (Wildman–Crippen MR) is 113 cm³/mol. The highest BCUT2D eigenvalue weighted by atomic mass is 32.2. The van der Waals surface area contributed by atoms with E-state index in [1.54, 1.807) is 24.1 Å². The Kier molecular flexibility index (Phi) is 6.56. The zero-order valence-electron chi connectivity index (χ0n) is 16.4. The molecule has 1 fully saturated rings. The van der Waals surface area contributed by atoms with Gasteiger partial charge < -0.3 is 14.5 Å². The quantitative estimate of drug-likeness (QED) is 0.701. The summed E-state index contributed by atoms with van der Waals surface area (Å²) in [5.41, 5.74) is 1.54. The molecule has 8 heteroatoms. The number of nitrogens with one attached hydrogen (secondary N) is 1. The normalized spacial score (nSPS) is 14.5. The Morgan fingerprint density at radius 3 is 2.45 bits per heavy atom. The highest BCUT2D eigenvalue weighted by molar-refractivity contribution is 7.89. The lowest BCUT2D eigenvalue weighted by Gasteiger charge is -2.36. The molecule has 0 aromatic heterocycles. The summed E-state index contributed by atoms with van der Waals surface area (Å²) in [4.78, 5) is 16.9. The van der Waals surface area contributed by atoms with Crippen LogP contribution < -0.4 is 14.4 Å². The third-order valence-corrected chi connectivity index (χ3v) is 6.25. The Labute approximate surface area is 171 Å². The van der Waals surface area contributed by atoms with E-state index >= 15 is 0 Å². The summed E-state index contributed by atoms with van der Waals surface area (Å²) < 4.78 is 31.9. The number of hydrogen-bond donors (Lipinski definition) is 1. The van der Waals surface area contributed by atoms with Crippen LogP contribution in [0.5, 0.6) is 5.75 Å². The average Bonchev–Trinajstić information content (AvgIpc) is 2.77. The molecular weight excluding hydrogens is 390 g/mol. The molecule has 0 radical (unpaired) electrons. The first-order valence-electron chi connectivity index (χ1n) is 9.33. The number of benzene rings is 2. The first-order chi connectivity index (χ1) is 13.9. The van der Waals surface area contributed by atoms with E-state index in [-0.39, 0.29) is 17.3 Å². The maximum absolute atomic E-state index is 12.8. The minimum atomic E-state index is -3.60. The third-order valence-electron chi connectivity index (χ3n) is 4.81. The standard InChI is InChI=1S/C21H25N3O4S/c1-3-11-22-29(26,27)20-9-7-17(8-10-20)21(25)24-14-12-23(13-15-24)18-5-4-6-19(16-18)28-2/h3-10,16,22H,1,11-15H2,2H3. The number of sulfonamides is 1. The molecule has 0 bridgehead atoms. The molecule has 1 aliphatic heterocycles. The fourth-order valence-corrected chi connectivity index (χ4v) is 4.18. The number of carbonyl (C=O) groups is 1. The number of ether oxygens (including phenoxy) is 1. The molecule has 0 spiro atoms. The van der Waals surface area contributed by atoms with Crippen LogP contribution in [-0.4, -0.2) is 59.1 Å². The molecule has 2 aromatic rings. The summed E-state index contributed by atoms with van der Waals surface area (Å²) in [6.07, 6.45) is 1.47. The van der Waals surface area contributed by atoms with Crippen molar-refractivity contribution in [2.45, 2.75) is 4.90 Å². The minimum absolute atomic E-state index is 0.0988. The summed E-state index contributed by atoms with van der Waals surface area (Å²) >= 11 is 0. The third kappa shape index (κ3) is 4.96. The zero-order valence-corrected chi connectivity index (χ0v) is 17.2. The lowest BCUT2D eigenvalue weighted by atomic mass is 10.1. The second-order valence-electron chi connectivity index (χ2n) is 6.65. The van der Waals surface area contributed by atoms with Gasteiger partial charge in [0.25, 0.3) is 5.91 Å². The molecule has 1 N–H and O–H groups in total. The Bertz CT molecular complexity index is 966. The van der Waals surface area contributed by atoms with Crippen LogP contribution in [0.3, 0.4) is 0 Å². The van der Waals surface area contributed by atoms with E-state index in [0.29, 0.717) is 18.7 Å². The topological polar surface area (TPSA) is 79.0 Å². The van der Waals surface area contributed by atoms with Crippen molar-refractivity contribution in [2.75, 3.05) is 44.7 Å². The molecule has 1 saturated heterocycles. The maximum atomic E-state index is 12.8. The van der Waals surface area contributed by atoms with Gasteiger partial charge in [-0.05, 0) is 36.4 Å². The molecule has 0 aliphatic carbocycles. The number of methoxy groups -OCH3 is 1. The van der Waals surface area contributed by atoms with Crippen LogP contribution in [0.15, 0.2) is 66.1 Å². The molecular formula is C21H25N3O4S. The van der Waals surface area contributed by atoms with Gasteiger partial charge in [0, 0.05) is 50.0 Å². The summed E-state index contributed by atoms with van der Waals surface area (Å²) in [6, 6.07) is 13.9. The van der Waals surface area contributed by atoms with E-state index in [0.717, 1.165) is 24.5 Å². The number of nitrogens with zero attached hydrogens (tertiary/aromatic N) is 2. The maximum Gasteiger partial charge on any atom is 0.253 e. The van der Waals surface area contributed by atoms with Gasteiger partial charge in [-0.15, -0.1) is 6.58 Å². The zero-order chi connectivity index (χ0) is 20.9. The summed E-state index contributed by atoms with van der Waals surface area (Å²) in [7, 11) is -1.96. The van der Waals surface area contributed by atoms with Crippen LogP contribution in [0, 0.1) is 0 Å². The Hall–Kier alpha value is -2.84. The fraction of sp³-hybridized carbons (Fsp3) is 0.286. The van der Waals surface area contributed by atoms with Crippen LogP contribution in [-0.2, 0) is 10.0 Å². The summed E-state index contributed by atoms with van der Waals surface area (Å²) in [5, 5.41) is 0. The van der Waals surface area contributed by atoms with Crippen molar-refractivity contribution in [3.63, 3.8) is 0 Å². The van der Waals surface area contributed by atoms with Crippen LogP contribution in [0.4, 0.5) is 5.69 Å². The van der Waals surface area contributed by atoms with Crippen molar-refractivity contribution in [2.24, 2.45) is 0 Å². The Morgan fingerprint density at radius 2 is 1.83 bits per heavy atom. The number of carbonyl (C=O) groups excluding carboxylic acids is 1. The lowest BCUT2D eigenvalue weighted by molar-refractivity contribution is 0.0746. The van der Waals surface area contributed by atoms with Crippen molar-refractivity contribution in [3.05, 3.63) is 66.7 Å². The van der Waals surface area contributed by atoms with E-state index in [2.05, 4.69) is 16.2 Å². The van der Waals surface area contributed by atoms with E-state index in [1.807, 2.05) is 24.3 Å². The monoisotopic (exact) mass is 415 g/mol. The average molecular weight is 416 g/mol. The second-order valence-corrected chi connectivity index (χ2v) is 8.41. The Balaban J connectivity index is 1.62. The first-order valence-corrected chi connectivity index (χ1v) is 10.8. The molecule has 154 valence electrons. The SMILES string of the molecule is C=CCNS(=O)(=O)c1ccc(C(=O)N2CCN(c3cccc(OC)c3)CC2)cc1. The number of rotatable bonds is 7. The van der Waals surface area contributed by atoms with Gasteiger partial charge in [0.2, 0.25) is 10.0 Å². The fourth-order valence-electron chi connectivity index (χ4n) is 3.19. The van der Waals surface area contributed by atoms with E-state index in [1.165, 1.54) is 18.2 Å². The molecule has 3 rings (SSSR count).